The Morgan fingerprint density at radius 3 is 2.20 bits per heavy atom. The zero-order valence-electron chi connectivity index (χ0n) is 16.3. The van der Waals surface area contributed by atoms with E-state index in [-0.39, 0.29) is 24.7 Å². The molecule has 1 amide bonds. The zero-order valence-corrected chi connectivity index (χ0v) is 17.1. The number of nitrogens with one attached hydrogen (secondary N) is 1. The van der Waals surface area contributed by atoms with Gasteiger partial charge in [0.15, 0.2) is 9.84 Å². The lowest BCUT2D eigenvalue weighted by atomic mass is 9.98. The summed E-state index contributed by atoms with van der Waals surface area (Å²) in [5.74, 6) is -1.35. The van der Waals surface area contributed by atoms with Crippen molar-refractivity contribution >= 4 is 21.9 Å². The number of carboxylic acid groups (broad SMARTS) is 1. The summed E-state index contributed by atoms with van der Waals surface area (Å²) in [6.07, 6.45) is -0.0791. The number of aliphatic carboxylic acids is 1. The van der Waals surface area contributed by atoms with Crippen LogP contribution >= 0.6 is 0 Å². The van der Waals surface area contributed by atoms with E-state index in [1.807, 2.05) is 48.5 Å². The van der Waals surface area contributed by atoms with Gasteiger partial charge >= 0.3 is 12.1 Å². The van der Waals surface area contributed by atoms with Gasteiger partial charge in [0, 0.05) is 5.92 Å². The van der Waals surface area contributed by atoms with Crippen molar-refractivity contribution in [3.8, 4) is 11.1 Å². The summed E-state index contributed by atoms with van der Waals surface area (Å²) >= 11 is 0. The van der Waals surface area contributed by atoms with Crippen molar-refractivity contribution in [3.63, 3.8) is 0 Å². The van der Waals surface area contributed by atoms with E-state index in [0.29, 0.717) is 12.8 Å². The molecule has 2 aliphatic rings. The van der Waals surface area contributed by atoms with Crippen LogP contribution in [0.25, 0.3) is 11.1 Å². The molecule has 0 spiro atoms. The minimum Gasteiger partial charge on any atom is -0.480 e. The second-order valence-corrected chi connectivity index (χ2v) is 10.1. The number of carbonyl (C=O) groups excluding carboxylic acids is 1. The summed E-state index contributed by atoms with van der Waals surface area (Å²) in [6, 6.07) is 14.5. The molecule has 2 N–H and O–H groups in total. The van der Waals surface area contributed by atoms with Crippen molar-refractivity contribution in [2.75, 3.05) is 12.4 Å². The molecule has 30 heavy (non-hydrogen) atoms. The van der Waals surface area contributed by atoms with Gasteiger partial charge in [0.2, 0.25) is 0 Å². The molecule has 2 atom stereocenters. The molecule has 1 fully saturated rings. The van der Waals surface area contributed by atoms with Crippen LogP contribution < -0.4 is 5.32 Å². The molecule has 0 bridgehead atoms. The average molecular weight is 429 g/mol. The van der Waals surface area contributed by atoms with Gasteiger partial charge in [-0.25, -0.2) is 18.0 Å². The van der Waals surface area contributed by atoms with E-state index in [0.717, 1.165) is 22.3 Å². The number of carboxylic acids is 1. The van der Waals surface area contributed by atoms with E-state index in [4.69, 9.17) is 4.74 Å². The predicted octanol–water partition coefficient (Wildman–Crippen LogP) is 2.95. The highest BCUT2D eigenvalue weighted by molar-refractivity contribution is 7.92. The summed E-state index contributed by atoms with van der Waals surface area (Å²) in [7, 11) is -3.30. The molecule has 4 rings (SSSR count). The summed E-state index contributed by atoms with van der Waals surface area (Å²) in [4.78, 5) is 23.9. The number of fused-ring (bicyclic) bond motifs is 3. The van der Waals surface area contributed by atoms with Crippen LogP contribution in [0.2, 0.25) is 0 Å². The van der Waals surface area contributed by atoms with E-state index < -0.39 is 33.2 Å². The fourth-order valence-corrected chi connectivity index (χ4v) is 6.30. The molecule has 1 heterocycles. The fourth-order valence-electron chi connectivity index (χ4n) is 4.39. The van der Waals surface area contributed by atoms with E-state index in [1.54, 1.807) is 0 Å². The number of rotatable bonds is 6. The number of hydrogen-bond donors (Lipinski definition) is 2. The molecule has 1 aliphatic heterocycles. The van der Waals surface area contributed by atoms with Crippen LogP contribution in [0.15, 0.2) is 48.5 Å². The van der Waals surface area contributed by atoms with Crippen LogP contribution in [0.3, 0.4) is 0 Å². The maximum atomic E-state index is 12.3. The molecule has 1 saturated heterocycles. The molecule has 7 nitrogen and oxygen atoms in total. The third-order valence-corrected chi connectivity index (χ3v) is 8.20. The van der Waals surface area contributed by atoms with Gasteiger partial charge in [-0.15, -0.1) is 0 Å². The monoisotopic (exact) mass is 429 g/mol. The molecule has 2 aromatic carbocycles. The van der Waals surface area contributed by atoms with Crippen molar-refractivity contribution in [1.29, 1.82) is 0 Å². The van der Waals surface area contributed by atoms with Gasteiger partial charge in [-0.05, 0) is 41.5 Å². The quantitative estimate of drug-likeness (QED) is 0.731. The summed E-state index contributed by atoms with van der Waals surface area (Å²) < 4.78 is 29.4. The van der Waals surface area contributed by atoms with Crippen molar-refractivity contribution in [1.82, 2.24) is 5.32 Å². The Balaban J connectivity index is 1.42. The van der Waals surface area contributed by atoms with Gasteiger partial charge in [-0.2, -0.15) is 0 Å². The standard InChI is InChI=1S/C22H23NO6S/c24-21(25)20(12-14-6-5-11-30(14,27)28)23-22(26)29-13-19-17-9-3-1-7-15(17)16-8-2-4-10-18(16)19/h1-4,7-10,14,19-20H,5-6,11-13H2,(H,23,26)(H,24,25). The maximum Gasteiger partial charge on any atom is 0.407 e. The van der Waals surface area contributed by atoms with Gasteiger partial charge in [0.1, 0.15) is 12.6 Å². The zero-order chi connectivity index (χ0) is 21.3. The predicted molar refractivity (Wildman–Crippen MR) is 111 cm³/mol. The number of ether oxygens (including phenoxy) is 1. The van der Waals surface area contributed by atoms with Crippen LogP contribution in [0.4, 0.5) is 4.79 Å². The number of sulfone groups is 1. The molecule has 2 unspecified atom stereocenters. The summed E-state index contributed by atoms with van der Waals surface area (Å²) in [6.45, 7) is 0.0634. The van der Waals surface area contributed by atoms with Crippen LogP contribution in [-0.4, -0.2) is 49.2 Å². The fraction of sp³-hybridized carbons (Fsp3) is 0.364. The van der Waals surface area contributed by atoms with Crippen molar-refractivity contribution in [2.45, 2.75) is 36.5 Å². The van der Waals surface area contributed by atoms with Crippen LogP contribution in [0, 0.1) is 0 Å². The van der Waals surface area contributed by atoms with Crippen molar-refractivity contribution in [3.05, 3.63) is 59.7 Å². The molecule has 0 saturated carbocycles. The third kappa shape index (κ3) is 3.92. The molecule has 8 heteroatoms. The van der Waals surface area contributed by atoms with E-state index in [2.05, 4.69) is 5.32 Å². The Kier molecular flexibility index (Phi) is 5.51. The van der Waals surface area contributed by atoms with Gasteiger partial charge in [-0.3, -0.25) is 0 Å². The third-order valence-electron chi connectivity index (χ3n) is 5.90. The van der Waals surface area contributed by atoms with Gasteiger partial charge in [-0.1, -0.05) is 48.5 Å². The van der Waals surface area contributed by atoms with Crippen molar-refractivity contribution < 1.29 is 27.9 Å². The number of alkyl carbamates (subject to hydrolysis) is 1. The van der Waals surface area contributed by atoms with Crippen LogP contribution in [0.5, 0.6) is 0 Å². The topological polar surface area (TPSA) is 110 Å². The van der Waals surface area contributed by atoms with E-state index >= 15 is 0 Å². The molecule has 1 aliphatic carbocycles. The number of hydrogen-bond acceptors (Lipinski definition) is 5. The second-order valence-electron chi connectivity index (χ2n) is 7.73. The largest absolute Gasteiger partial charge is 0.480 e. The first-order valence-electron chi connectivity index (χ1n) is 9.92. The Labute approximate surface area is 175 Å². The first-order valence-corrected chi connectivity index (χ1v) is 11.6. The lowest BCUT2D eigenvalue weighted by Crippen LogP contribution is -2.44. The van der Waals surface area contributed by atoms with Crippen molar-refractivity contribution in [2.24, 2.45) is 0 Å². The first kappa shape index (κ1) is 20.4. The van der Waals surface area contributed by atoms with Gasteiger partial charge in [0.25, 0.3) is 0 Å². The average Bonchev–Trinajstić information content (AvgIpc) is 3.22. The highest BCUT2D eigenvalue weighted by Crippen LogP contribution is 2.44. The number of carbonyl (C=O) groups is 2. The SMILES string of the molecule is O=C(NC(CC1CCCS1(=O)=O)C(=O)O)OCC1c2ccccc2-c2ccccc21. The summed E-state index contributed by atoms with van der Waals surface area (Å²) in [5.41, 5.74) is 4.30. The Bertz CT molecular complexity index is 1040. The molecular formula is C22H23NO6S. The van der Waals surface area contributed by atoms with E-state index in [1.165, 1.54) is 0 Å². The van der Waals surface area contributed by atoms with Gasteiger partial charge < -0.3 is 15.2 Å². The molecule has 2 aromatic rings. The highest BCUT2D eigenvalue weighted by atomic mass is 32.2. The summed E-state index contributed by atoms with van der Waals surface area (Å²) in [5, 5.41) is 11.0. The molecule has 0 aromatic heterocycles. The number of benzene rings is 2. The normalized spacial score (nSPS) is 20.2. The molecule has 158 valence electrons. The van der Waals surface area contributed by atoms with Crippen LogP contribution in [-0.2, 0) is 19.4 Å². The van der Waals surface area contributed by atoms with E-state index in [9.17, 15) is 23.1 Å². The molecular weight excluding hydrogens is 406 g/mol. The van der Waals surface area contributed by atoms with Gasteiger partial charge in [0.05, 0.1) is 11.0 Å². The minimum atomic E-state index is -3.30. The Hall–Kier alpha value is -2.87. The second kappa shape index (κ2) is 8.10. The lowest BCUT2D eigenvalue weighted by molar-refractivity contribution is -0.139. The smallest absolute Gasteiger partial charge is 0.407 e. The lowest BCUT2D eigenvalue weighted by Gasteiger charge is -2.19. The minimum absolute atomic E-state index is 0.0634. The van der Waals surface area contributed by atoms with Crippen LogP contribution in [0.1, 0.15) is 36.3 Å². The molecule has 0 radical (unpaired) electrons. The first-order chi connectivity index (χ1) is 14.4. The Morgan fingerprint density at radius 2 is 1.67 bits per heavy atom. The Morgan fingerprint density at radius 1 is 1.07 bits per heavy atom. The maximum absolute atomic E-state index is 12.3. The number of amides is 1. The highest BCUT2D eigenvalue weighted by Gasteiger charge is 2.36.